The molecule has 1 aromatic carbocycles. The van der Waals surface area contributed by atoms with Crippen molar-refractivity contribution in [2.75, 3.05) is 6.54 Å². The number of aliphatic hydroxyl groups is 1. The summed E-state index contributed by atoms with van der Waals surface area (Å²) >= 11 is 0. The highest BCUT2D eigenvalue weighted by atomic mass is 16.5. The van der Waals surface area contributed by atoms with Gasteiger partial charge in [0, 0.05) is 12.1 Å². The van der Waals surface area contributed by atoms with E-state index in [1.807, 2.05) is 39.0 Å². The van der Waals surface area contributed by atoms with Crippen LogP contribution in [0.4, 0.5) is 0 Å². The number of hydrogen-bond donors (Lipinski definition) is 2. The Kier molecular flexibility index (Phi) is 4.12. The average Bonchev–Trinajstić information content (AvgIpc) is 2.19. The molecule has 0 aliphatic heterocycles. The first-order valence-electron chi connectivity index (χ1n) is 5.20. The summed E-state index contributed by atoms with van der Waals surface area (Å²) in [6, 6.07) is 5.75. The predicted octanol–water partition coefficient (Wildman–Crippen LogP) is 1.77. The first-order valence-corrected chi connectivity index (χ1v) is 5.20. The Bertz CT molecular complexity index is 323. The van der Waals surface area contributed by atoms with Crippen LogP contribution in [0.1, 0.15) is 31.1 Å². The lowest BCUT2D eigenvalue weighted by molar-refractivity contribution is 0.173. The summed E-state index contributed by atoms with van der Waals surface area (Å²) in [6.45, 7) is 6.10. The molecule has 0 aliphatic rings. The van der Waals surface area contributed by atoms with Gasteiger partial charge < -0.3 is 15.6 Å². The van der Waals surface area contributed by atoms with E-state index in [1.165, 1.54) is 0 Å². The fraction of sp³-hybridized carbons (Fsp3) is 0.500. The minimum absolute atomic E-state index is 0.0939. The Morgan fingerprint density at radius 1 is 1.40 bits per heavy atom. The van der Waals surface area contributed by atoms with Gasteiger partial charge in [0.25, 0.3) is 0 Å². The number of hydrogen-bond acceptors (Lipinski definition) is 3. The van der Waals surface area contributed by atoms with E-state index in [9.17, 15) is 5.11 Å². The molecule has 3 nitrogen and oxygen atoms in total. The van der Waals surface area contributed by atoms with Crippen LogP contribution in [0.15, 0.2) is 18.2 Å². The normalized spacial score (nSPS) is 12.9. The summed E-state index contributed by atoms with van der Waals surface area (Å²) in [5, 5.41) is 9.74. The largest absolute Gasteiger partial charge is 0.491 e. The van der Waals surface area contributed by atoms with Crippen molar-refractivity contribution in [3.05, 3.63) is 29.3 Å². The molecule has 1 rings (SSSR count). The van der Waals surface area contributed by atoms with Gasteiger partial charge in [0.15, 0.2) is 0 Å². The molecule has 84 valence electrons. The summed E-state index contributed by atoms with van der Waals surface area (Å²) < 4.78 is 5.61. The predicted molar refractivity (Wildman–Crippen MR) is 61.0 cm³/mol. The van der Waals surface area contributed by atoms with Crippen molar-refractivity contribution in [1.82, 2.24) is 0 Å². The number of benzene rings is 1. The van der Waals surface area contributed by atoms with Crippen LogP contribution in [-0.2, 0) is 0 Å². The van der Waals surface area contributed by atoms with Gasteiger partial charge >= 0.3 is 0 Å². The molecular weight excluding hydrogens is 190 g/mol. The van der Waals surface area contributed by atoms with Crippen molar-refractivity contribution in [3.8, 4) is 5.75 Å². The van der Waals surface area contributed by atoms with E-state index in [0.717, 1.165) is 11.1 Å². The van der Waals surface area contributed by atoms with E-state index in [0.29, 0.717) is 5.75 Å². The van der Waals surface area contributed by atoms with Crippen LogP contribution in [0, 0.1) is 6.92 Å². The van der Waals surface area contributed by atoms with Crippen LogP contribution in [0.25, 0.3) is 0 Å². The number of aliphatic hydroxyl groups excluding tert-OH is 1. The van der Waals surface area contributed by atoms with Crippen LogP contribution >= 0.6 is 0 Å². The zero-order chi connectivity index (χ0) is 11.4. The van der Waals surface area contributed by atoms with Crippen molar-refractivity contribution in [3.63, 3.8) is 0 Å². The van der Waals surface area contributed by atoms with E-state index in [2.05, 4.69) is 0 Å². The highest BCUT2D eigenvalue weighted by Crippen LogP contribution is 2.26. The molecule has 0 saturated heterocycles. The highest BCUT2D eigenvalue weighted by Gasteiger charge is 2.13. The highest BCUT2D eigenvalue weighted by molar-refractivity contribution is 5.38. The molecule has 15 heavy (non-hydrogen) atoms. The second-order valence-electron chi connectivity index (χ2n) is 3.96. The molecule has 0 saturated carbocycles. The second kappa shape index (κ2) is 5.14. The van der Waals surface area contributed by atoms with E-state index >= 15 is 0 Å². The third kappa shape index (κ3) is 3.22. The maximum absolute atomic E-state index is 9.74. The number of nitrogens with two attached hydrogens (primary N) is 1. The molecule has 0 amide bonds. The van der Waals surface area contributed by atoms with Crippen LogP contribution in [0.5, 0.6) is 5.75 Å². The molecule has 1 unspecified atom stereocenters. The Morgan fingerprint density at radius 3 is 2.60 bits per heavy atom. The third-order valence-electron chi connectivity index (χ3n) is 2.11. The lowest BCUT2D eigenvalue weighted by Gasteiger charge is -2.17. The molecule has 0 heterocycles. The fourth-order valence-corrected chi connectivity index (χ4v) is 1.42. The first-order chi connectivity index (χ1) is 7.04. The van der Waals surface area contributed by atoms with E-state index in [-0.39, 0.29) is 12.6 Å². The molecule has 0 fully saturated rings. The quantitative estimate of drug-likeness (QED) is 0.794. The summed E-state index contributed by atoms with van der Waals surface area (Å²) in [7, 11) is 0. The summed E-state index contributed by atoms with van der Waals surface area (Å²) in [6.07, 6.45) is -0.560. The Balaban J connectivity index is 3.02. The van der Waals surface area contributed by atoms with E-state index in [1.54, 1.807) is 0 Å². The molecule has 0 bridgehead atoms. The van der Waals surface area contributed by atoms with E-state index in [4.69, 9.17) is 10.5 Å². The zero-order valence-electron chi connectivity index (χ0n) is 9.53. The molecule has 1 atom stereocenters. The van der Waals surface area contributed by atoms with Gasteiger partial charge in [-0.1, -0.05) is 11.6 Å². The molecule has 3 N–H and O–H groups in total. The van der Waals surface area contributed by atoms with Gasteiger partial charge in [-0.05, 0) is 32.9 Å². The van der Waals surface area contributed by atoms with Crippen molar-refractivity contribution in [2.24, 2.45) is 5.73 Å². The molecule has 0 radical (unpaired) electrons. The average molecular weight is 209 g/mol. The molecule has 1 aromatic rings. The minimum Gasteiger partial charge on any atom is -0.491 e. The van der Waals surface area contributed by atoms with E-state index < -0.39 is 6.10 Å². The lowest BCUT2D eigenvalue weighted by atomic mass is 10.1. The molecule has 0 aliphatic carbocycles. The van der Waals surface area contributed by atoms with Crippen LogP contribution in [-0.4, -0.2) is 17.8 Å². The molecule has 3 heteroatoms. The Morgan fingerprint density at radius 2 is 2.07 bits per heavy atom. The maximum Gasteiger partial charge on any atom is 0.125 e. The zero-order valence-corrected chi connectivity index (χ0v) is 9.53. The lowest BCUT2D eigenvalue weighted by Crippen LogP contribution is -2.15. The first kappa shape index (κ1) is 12.0. The van der Waals surface area contributed by atoms with Crippen molar-refractivity contribution < 1.29 is 9.84 Å². The molecule has 0 spiro atoms. The summed E-state index contributed by atoms with van der Waals surface area (Å²) in [5.41, 5.74) is 7.31. The number of aryl methyl sites for hydroxylation is 1. The molecular formula is C12H19NO2. The summed E-state index contributed by atoms with van der Waals surface area (Å²) in [4.78, 5) is 0. The Hall–Kier alpha value is -1.06. The standard InChI is InChI=1S/C12H19NO2/c1-8(2)15-12-5-4-9(3)6-10(12)11(14)7-13/h4-6,8,11,14H,7,13H2,1-3H3. The van der Waals surface area contributed by atoms with Gasteiger partial charge in [-0.15, -0.1) is 0 Å². The smallest absolute Gasteiger partial charge is 0.125 e. The maximum atomic E-state index is 9.74. The monoisotopic (exact) mass is 209 g/mol. The van der Waals surface area contributed by atoms with Gasteiger partial charge in [-0.25, -0.2) is 0 Å². The third-order valence-corrected chi connectivity index (χ3v) is 2.11. The van der Waals surface area contributed by atoms with Crippen molar-refractivity contribution in [1.29, 1.82) is 0 Å². The van der Waals surface area contributed by atoms with Gasteiger partial charge in [0.2, 0.25) is 0 Å². The van der Waals surface area contributed by atoms with Crippen LogP contribution in [0.3, 0.4) is 0 Å². The van der Waals surface area contributed by atoms with Gasteiger partial charge in [0.1, 0.15) is 5.75 Å². The van der Waals surface area contributed by atoms with Crippen LogP contribution in [0.2, 0.25) is 0 Å². The fourth-order valence-electron chi connectivity index (χ4n) is 1.42. The van der Waals surface area contributed by atoms with Crippen molar-refractivity contribution in [2.45, 2.75) is 33.0 Å². The van der Waals surface area contributed by atoms with Gasteiger partial charge in [-0.2, -0.15) is 0 Å². The summed E-state index contributed by atoms with van der Waals surface area (Å²) in [5.74, 6) is 0.716. The Labute approximate surface area is 90.9 Å². The molecule has 0 aromatic heterocycles. The topological polar surface area (TPSA) is 55.5 Å². The van der Waals surface area contributed by atoms with Crippen molar-refractivity contribution >= 4 is 0 Å². The van der Waals surface area contributed by atoms with Gasteiger partial charge in [0.05, 0.1) is 12.2 Å². The van der Waals surface area contributed by atoms with Gasteiger partial charge in [-0.3, -0.25) is 0 Å². The second-order valence-corrected chi connectivity index (χ2v) is 3.96. The minimum atomic E-state index is -0.654. The number of rotatable bonds is 4. The number of ether oxygens (including phenoxy) is 1. The van der Waals surface area contributed by atoms with Crippen LogP contribution < -0.4 is 10.5 Å². The SMILES string of the molecule is Cc1ccc(OC(C)C)c(C(O)CN)c1.